The molecule has 0 N–H and O–H groups in total. The number of hydrogen-bond donors (Lipinski definition) is 0. The largest absolute Gasteiger partial charge is 0.486 e. The van der Waals surface area contributed by atoms with Crippen LogP contribution in [0, 0.1) is 5.92 Å². The molecule has 6 heteroatoms. The van der Waals surface area contributed by atoms with Crippen LogP contribution in [0.5, 0.6) is 11.5 Å². The number of Topliss-reactive ketones (excluding diaryl/α,β-unsaturated/α-hetero) is 1. The Hall–Kier alpha value is -2.34. The molecule has 0 atom stereocenters. The van der Waals surface area contributed by atoms with Crippen LogP contribution in [0.25, 0.3) is 0 Å². The molecule has 1 saturated carbocycles. The number of benzene rings is 2. The highest BCUT2D eigenvalue weighted by atomic mass is 79.9. The fraction of sp³-hybridized carbons (Fsp3) is 0.440. The smallest absolute Gasteiger partial charge is 0.233 e. The molecule has 0 bridgehead atoms. The summed E-state index contributed by atoms with van der Waals surface area (Å²) in [6.07, 6.45) is 4.30. The van der Waals surface area contributed by atoms with E-state index in [0.29, 0.717) is 56.2 Å². The van der Waals surface area contributed by atoms with Crippen LogP contribution in [-0.4, -0.2) is 42.9 Å². The summed E-state index contributed by atoms with van der Waals surface area (Å²) in [7, 11) is 0. The van der Waals surface area contributed by atoms with E-state index in [0.717, 1.165) is 29.3 Å². The summed E-state index contributed by atoms with van der Waals surface area (Å²) in [6.45, 7) is 2.32. The normalized spacial score (nSPS) is 20.1. The summed E-state index contributed by atoms with van der Waals surface area (Å²) in [6, 6.07) is 13.6. The van der Waals surface area contributed by atoms with Gasteiger partial charge in [0.15, 0.2) is 17.3 Å². The third kappa shape index (κ3) is 3.75. The van der Waals surface area contributed by atoms with Crippen molar-refractivity contribution in [2.24, 2.45) is 5.92 Å². The lowest BCUT2D eigenvalue weighted by atomic mass is 9.63. The van der Waals surface area contributed by atoms with Gasteiger partial charge in [0.1, 0.15) is 13.2 Å². The molecule has 5 rings (SSSR count). The molecule has 1 amide bonds. The number of likely N-dealkylation sites (tertiary alicyclic amines) is 1. The summed E-state index contributed by atoms with van der Waals surface area (Å²) in [5, 5.41) is 0. The lowest BCUT2D eigenvalue weighted by Crippen LogP contribution is -2.53. The first-order valence-corrected chi connectivity index (χ1v) is 11.9. The van der Waals surface area contributed by atoms with E-state index in [9.17, 15) is 9.59 Å². The number of piperidine rings is 1. The Morgan fingerprint density at radius 3 is 2.26 bits per heavy atom. The van der Waals surface area contributed by atoms with Crippen LogP contribution in [0.4, 0.5) is 0 Å². The van der Waals surface area contributed by atoms with Gasteiger partial charge in [0.2, 0.25) is 5.91 Å². The first-order valence-electron chi connectivity index (χ1n) is 11.1. The van der Waals surface area contributed by atoms with Crippen LogP contribution < -0.4 is 9.47 Å². The van der Waals surface area contributed by atoms with Crippen molar-refractivity contribution in [2.75, 3.05) is 26.3 Å². The SMILES string of the molecule is O=C(c1ccc2c(c1)OCCO2)C1CCN(C(=O)C2(c3ccc(Br)cc3)CCC2)CC1. The van der Waals surface area contributed by atoms with Crippen LogP contribution in [0.15, 0.2) is 46.9 Å². The molecule has 5 nitrogen and oxygen atoms in total. The predicted octanol–water partition coefficient (Wildman–Crippen LogP) is 4.76. The first-order chi connectivity index (χ1) is 15.1. The molecule has 2 aromatic rings. The van der Waals surface area contributed by atoms with Crippen molar-refractivity contribution in [1.82, 2.24) is 4.90 Å². The molecule has 2 aliphatic heterocycles. The monoisotopic (exact) mass is 483 g/mol. The first kappa shape index (κ1) is 20.6. The number of carbonyl (C=O) groups excluding carboxylic acids is 2. The van der Waals surface area contributed by atoms with E-state index in [4.69, 9.17) is 9.47 Å². The van der Waals surface area contributed by atoms with Crippen molar-refractivity contribution in [3.05, 3.63) is 58.1 Å². The quantitative estimate of drug-likeness (QED) is 0.588. The van der Waals surface area contributed by atoms with Crippen molar-refractivity contribution >= 4 is 27.6 Å². The Kier molecular flexibility index (Phi) is 5.51. The maximum absolute atomic E-state index is 13.5. The zero-order chi connectivity index (χ0) is 21.4. The molecule has 31 heavy (non-hydrogen) atoms. The molecule has 0 aromatic heterocycles. The number of hydrogen-bond acceptors (Lipinski definition) is 4. The molecule has 162 valence electrons. The Bertz CT molecular complexity index is 991. The van der Waals surface area contributed by atoms with E-state index in [1.165, 1.54) is 0 Å². The lowest BCUT2D eigenvalue weighted by Gasteiger charge is -2.45. The summed E-state index contributed by atoms with van der Waals surface area (Å²) >= 11 is 3.48. The van der Waals surface area contributed by atoms with Gasteiger partial charge in [-0.25, -0.2) is 0 Å². The topological polar surface area (TPSA) is 55.8 Å². The zero-order valence-electron chi connectivity index (χ0n) is 17.4. The molecule has 2 aromatic carbocycles. The number of nitrogens with zero attached hydrogens (tertiary/aromatic N) is 1. The number of halogens is 1. The highest BCUT2D eigenvalue weighted by molar-refractivity contribution is 9.10. The third-order valence-electron chi connectivity index (χ3n) is 6.99. The van der Waals surface area contributed by atoms with Gasteiger partial charge in [-0.1, -0.05) is 34.5 Å². The Labute approximate surface area is 190 Å². The molecular formula is C25H26BrNO4. The van der Waals surface area contributed by atoms with E-state index in [2.05, 4.69) is 28.1 Å². The minimum absolute atomic E-state index is 0.0587. The molecule has 0 spiro atoms. The van der Waals surface area contributed by atoms with Crippen LogP contribution in [0.2, 0.25) is 0 Å². The van der Waals surface area contributed by atoms with E-state index in [1.54, 1.807) is 6.07 Å². The lowest BCUT2D eigenvalue weighted by molar-refractivity contribution is -0.142. The molecule has 2 heterocycles. The van der Waals surface area contributed by atoms with Crippen molar-refractivity contribution in [3.63, 3.8) is 0 Å². The number of fused-ring (bicyclic) bond motifs is 1. The van der Waals surface area contributed by atoms with Gasteiger partial charge >= 0.3 is 0 Å². The van der Waals surface area contributed by atoms with Gasteiger partial charge in [0.05, 0.1) is 5.41 Å². The molecule has 0 unspecified atom stereocenters. The Morgan fingerprint density at radius 2 is 1.61 bits per heavy atom. The predicted molar refractivity (Wildman–Crippen MR) is 121 cm³/mol. The summed E-state index contributed by atoms with van der Waals surface area (Å²) in [4.78, 5) is 28.5. The summed E-state index contributed by atoms with van der Waals surface area (Å²) in [5.41, 5.74) is 1.40. The van der Waals surface area contributed by atoms with Gasteiger partial charge in [-0.15, -0.1) is 0 Å². The van der Waals surface area contributed by atoms with Gasteiger partial charge < -0.3 is 14.4 Å². The average Bonchev–Trinajstić information content (AvgIpc) is 2.79. The highest BCUT2D eigenvalue weighted by Crippen LogP contribution is 2.46. The summed E-state index contributed by atoms with van der Waals surface area (Å²) in [5.74, 6) is 1.64. The van der Waals surface area contributed by atoms with E-state index in [-0.39, 0.29) is 23.0 Å². The minimum Gasteiger partial charge on any atom is -0.486 e. The number of carbonyl (C=O) groups is 2. The zero-order valence-corrected chi connectivity index (χ0v) is 19.0. The van der Waals surface area contributed by atoms with Crippen LogP contribution in [0.3, 0.4) is 0 Å². The molecule has 1 saturated heterocycles. The Balaban J connectivity index is 1.25. The molecule has 1 aliphatic carbocycles. The van der Waals surface area contributed by atoms with Crippen LogP contribution >= 0.6 is 15.9 Å². The second-order valence-corrected chi connectivity index (χ2v) is 9.65. The molecule has 0 radical (unpaired) electrons. The molecule has 2 fully saturated rings. The fourth-order valence-corrected chi connectivity index (χ4v) is 5.27. The van der Waals surface area contributed by atoms with Gasteiger partial charge in [0.25, 0.3) is 0 Å². The molecule has 3 aliphatic rings. The van der Waals surface area contributed by atoms with Crippen molar-refractivity contribution in [3.8, 4) is 11.5 Å². The standard InChI is InChI=1S/C25H26BrNO4/c26-20-5-3-19(4-6-20)25(10-1-11-25)24(29)27-12-8-17(9-13-27)23(28)18-2-7-21-22(16-18)31-15-14-30-21/h2-7,16-17H,1,8-15H2. The minimum atomic E-state index is -0.382. The van der Waals surface area contributed by atoms with Gasteiger partial charge in [-0.2, -0.15) is 0 Å². The van der Waals surface area contributed by atoms with E-state index in [1.807, 2.05) is 29.2 Å². The van der Waals surface area contributed by atoms with E-state index >= 15 is 0 Å². The number of rotatable bonds is 4. The maximum atomic E-state index is 13.5. The van der Waals surface area contributed by atoms with Crippen LogP contribution in [-0.2, 0) is 10.2 Å². The third-order valence-corrected chi connectivity index (χ3v) is 7.52. The van der Waals surface area contributed by atoms with E-state index < -0.39 is 0 Å². The second-order valence-electron chi connectivity index (χ2n) is 8.73. The summed E-state index contributed by atoms with van der Waals surface area (Å²) < 4.78 is 12.2. The number of ketones is 1. The number of ether oxygens (including phenoxy) is 2. The van der Waals surface area contributed by atoms with Gasteiger partial charge in [-0.3, -0.25) is 9.59 Å². The Morgan fingerprint density at radius 1 is 0.935 bits per heavy atom. The highest BCUT2D eigenvalue weighted by Gasteiger charge is 2.48. The van der Waals surface area contributed by atoms with Crippen molar-refractivity contribution in [2.45, 2.75) is 37.5 Å². The van der Waals surface area contributed by atoms with Crippen molar-refractivity contribution in [1.29, 1.82) is 0 Å². The van der Waals surface area contributed by atoms with Crippen molar-refractivity contribution < 1.29 is 19.1 Å². The van der Waals surface area contributed by atoms with Gasteiger partial charge in [0, 0.05) is 29.0 Å². The van der Waals surface area contributed by atoms with Gasteiger partial charge in [-0.05, 0) is 61.6 Å². The maximum Gasteiger partial charge on any atom is 0.233 e. The number of amides is 1. The van der Waals surface area contributed by atoms with Crippen LogP contribution in [0.1, 0.15) is 48.0 Å². The average molecular weight is 484 g/mol. The fourth-order valence-electron chi connectivity index (χ4n) is 5.01. The molecular weight excluding hydrogens is 458 g/mol. The second kappa shape index (κ2) is 8.30.